The number of nitrogens with one attached hydrogen (secondary N) is 2. The van der Waals surface area contributed by atoms with Gasteiger partial charge in [0.25, 0.3) is 0 Å². The first-order chi connectivity index (χ1) is 17.7. The van der Waals surface area contributed by atoms with E-state index in [2.05, 4.69) is 22.2 Å². The van der Waals surface area contributed by atoms with Gasteiger partial charge in [-0.05, 0) is 49.2 Å². The van der Waals surface area contributed by atoms with Gasteiger partial charge in [-0.15, -0.1) is 0 Å². The third kappa shape index (κ3) is 7.22. The third-order valence-electron chi connectivity index (χ3n) is 6.08. The fourth-order valence-electron chi connectivity index (χ4n) is 4.25. The molecule has 1 aromatic heterocycles. The second-order valence-corrected chi connectivity index (χ2v) is 8.58. The molecule has 1 aromatic carbocycles. The second kappa shape index (κ2) is 12.6. The lowest BCUT2D eigenvalue weighted by molar-refractivity contribution is -0.140. The Bertz CT molecular complexity index is 1110. The summed E-state index contributed by atoms with van der Waals surface area (Å²) in [6, 6.07) is 7.78. The number of ether oxygens (including phenoxy) is 1. The van der Waals surface area contributed by atoms with Gasteiger partial charge in [0.1, 0.15) is 6.61 Å². The largest absolute Gasteiger partial charge is 0.445 e. The zero-order valence-corrected chi connectivity index (χ0v) is 21.0. The lowest BCUT2D eigenvalue weighted by atomic mass is 9.98. The Morgan fingerprint density at radius 1 is 1.30 bits per heavy atom. The Morgan fingerprint density at radius 3 is 2.78 bits per heavy atom. The van der Waals surface area contributed by atoms with Gasteiger partial charge in [-0.1, -0.05) is 31.7 Å². The number of pyridine rings is 1. The second-order valence-electron chi connectivity index (χ2n) is 8.58. The highest BCUT2D eigenvalue weighted by atomic mass is 19.4. The van der Waals surface area contributed by atoms with Crippen LogP contribution >= 0.6 is 0 Å². The molecule has 0 fully saturated rings. The average Bonchev–Trinajstić information content (AvgIpc) is 2.88. The van der Waals surface area contributed by atoms with Gasteiger partial charge in [0.15, 0.2) is 0 Å². The van der Waals surface area contributed by atoms with E-state index in [0.29, 0.717) is 26.1 Å². The van der Waals surface area contributed by atoms with Gasteiger partial charge in [-0.2, -0.15) is 13.2 Å². The van der Waals surface area contributed by atoms with Crippen LogP contribution in [0.2, 0.25) is 0 Å². The standard InChI is InChI=1S/C26H32F3N5O3/c1-4-14-37-25(36)33-13-11-20-19(16-33)8-6-10-22(20)32-15-24(35)34(18(3)30-5-2)17-23-21(26(27,28)29)9-7-12-31-23/h4,6-10,12,18,30,32H,1,5,11,13-17H2,2-3H3. The number of aromatic nitrogens is 1. The molecular formula is C26H32F3N5O3. The van der Waals surface area contributed by atoms with E-state index in [4.69, 9.17) is 4.74 Å². The number of anilines is 1. The molecule has 2 heterocycles. The summed E-state index contributed by atoms with van der Waals surface area (Å²) in [5.74, 6) is -0.379. The topological polar surface area (TPSA) is 86.8 Å². The minimum atomic E-state index is -4.58. The summed E-state index contributed by atoms with van der Waals surface area (Å²) in [5, 5.41) is 6.25. The van der Waals surface area contributed by atoms with Crippen molar-refractivity contribution in [3.63, 3.8) is 0 Å². The number of fused-ring (bicyclic) bond motifs is 1. The number of hydrogen-bond acceptors (Lipinski definition) is 6. The van der Waals surface area contributed by atoms with Crippen molar-refractivity contribution in [1.29, 1.82) is 0 Å². The highest BCUT2D eigenvalue weighted by molar-refractivity contribution is 5.81. The summed E-state index contributed by atoms with van der Waals surface area (Å²) < 4.78 is 45.7. The van der Waals surface area contributed by atoms with Crippen molar-refractivity contribution in [3.05, 3.63) is 71.6 Å². The lowest BCUT2D eigenvalue weighted by Gasteiger charge is -2.31. The van der Waals surface area contributed by atoms with Gasteiger partial charge in [0.05, 0.1) is 30.5 Å². The van der Waals surface area contributed by atoms with Crippen molar-refractivity contribution in [2.24, 2.45) is 0 Å². The predicted octanol–water partition coefficient (Wildman–Crippen LogP) is 4.18. The minimum absolute atomic E-state index is 0.120. The normalized spacial score (nSPS) is 13.9. The summed E-state index contributed by atoms with van der Waals surface area (Å²) >= 11 is 0. The lowest BCUT2D eigenvalue weighted by Crippen LogP contribution is -2.48. The maximum absolute atomic E-state index is 13.5. The molecule has 0 bridgehead atoms. The zero-order chi connectivity index (χ0) is 27.0. The molecule has 0 radical (unpaired) electrons. The van der Waals surface area contributed by atoms with E-state index in [0.717, 1.165) is 22.9 Å². The first kappa shape index (κ1) is 28.0. The molecule has 200 valence electrons. The van der Waals surface area contributed by atoms with Crippen LogP contribution in [0.1, 0.15) is 36.2 Å². The van der Waals surface area contributed by atoms with Crippen molar-refractivity contribution in [3.8, 4) is 0 Å². The fraction of sp³-hybridized carbons (Fsp3) is 0.423. The molecule has 2 aromatic rings. The number of nitrogens with zero attached hydrogens (tertiary/aromatic N) is 3. The molecule has 0 aliphatic carbocycles. The SMILES string of the molecule is C=CCOC(=O)N1CCc2c(cccc2NCC(=O)N(Cc2ncccc2C(F)(F)F)C(C)NCC)C1. The molecule has 0 saturated carbocycles. The quantitative estimate of drug-likeness (QED) is 0.362. The molecular weight excluding hydrogens is 487 g/mol. The molecule has 11 heteroatoms. The predicted molar refractivity (Wildman–Crippen MR) is 134 cm³/mol. The Balaban J connectivity index is 1.73. The van der Waals surface area contributed by atoms with E-state index in [-0.39, 0.29) is 31.3 Å². The molecule has 1 atom stereocenters. The minimum Gasteiger partial charge on any atom is -0.445 e. The van der Waals surface area contributed by atoms with E-state index >= 15 is 0 Å². The van der Waals surface area contributed by atoms with E-state index in [1.54, 1.807) is 11.8 Å². The Kier molecular flexibility index (Phi) is 9.51. The van der Waals surface area contributed by atoms with Crippen LogP contribution in [0.3, 0.4) is 0 Å². The molecule has 0 spiro atoms. The number of alkyl halides is 3. The smallest absolute Gasteiger partial charge is 0.418 e. The molecule has 3 rings (SSSR count). The summed E-state index contributed by atoms with van der Waals surface area (Å²) in [7, 11) is 0. The van der Waals surface area contributed by atoms with Crippen molar-refractivity contribution >= 4 is 17.7 Å². The molecule has 2 N–H and O–H groups in total. The van der Waals surface area contributed by atoms with Crippen LogP contribution in [0.5, 0.6) is 0 Å². The van der Waals surface area contributed by atoms with Crippen LogP contribution < -0.4 is 10.6 Å². The summed E-state index contributed by atoms with van der Waals surface area (Å²) in [4.78, 5) is 32.3. The maximum atomic E-state index is 13.5. The number of hydrogen-bond donors (Lipinski definition) is 2. The number of benzene rings is 1. The third-order valence-corrected chi connectivity index (χ3v) is 6.08. The van der Waals surface area contributed by atoms with Crippen LogP contribution in [0.4, 0.5) is 23.7 Å². The molecule has 1 aliphatic heterocycles. The van der Waals surface area contributed by atoms with Crippen molar-refractivity contribution in [2.75, 3.05) is 31.6 Å². The maximum Gasteiger partial charge on any atom is 0.418 e. The number of halogens is 3. The summed E-state index contributed by atoms with van der Waals surface area (Å²) in [6.07, 6.45) is -2.14. The first-order valence-corrected chi connectivity index (χ1v) is 12.1. The van der Waals surface area contributed by atoms with E-state index < -0.39 is 24.0 Å². The number of carbonyl (C=O) groups is 2. The number of carbonyl (C=O) groups excluding carboxylic acids is 2. The van der Waals surface area contributed by atoms with E-state index in [9.17, 15) is 22.8 Å². The monoisotopic (exact) mass is 519 g/mol. The van der Waals surface area contributed by atoms with E-state index in [1.807, 2.05) is 25.1 Å². The molecule has 37 heavy (non-hydrogen) atoms. The van der Waals surface area contributed by atoms with Crippen LogP contribution in [0.25, 0.3) is 0 Å². The Morgan fingerprint density at radius 2 is 2.08 bits per heavy atom. The van der Waals surface area contributed by atoms with Crippen molar-refractivity contribution in [2.45, 2.75) is 45.7 Å². The average molecular weight is 520 g/mol. The number of amides is 2. The van der Waals surface area contributed by atoms with Gasteiger partial charge >= 0.3 is 12.3 Å². The van der Waals surface area contributed by atoms with Crippen molar-refractivity contribution in [1.82, 2.24) is 20.1 Å². The first-order valence-electron chi connectivity index (χ1n) is 12.1. The van der Waals surface area contributed by atoms with Crippen LogP contribution in [-0.4, -0.2) is 59.2 Å². The van der Waals surface area contributed by atoms with Crippen LogP contribution in [0.15, 0.2) is 49.2 Å². The molecule has 2 amide bonds. The van der Waals surface area contributed by atoms with Gasteiger partial charge < -0.3 is 19.9 Å². The van der Waals surface area contributed by atoms with E-state index in [1.165, 1.54) is 23.2 Å². The Labute approximate surface area is 214 Å². The zero-order valence-electron chi connectivity index (χ0n) is 21.0. The van der Waals surface area contributed by atoms with Gasteiger partial charge in [0, 0.05) is 25.0 Å². The highest BCUT2D eigenvalue weighted by Gasteiger charge is 2.35. The van der Waals surface area contributed by atoms with Crippen LogP contribution in [0, 0.1) is 0 Å². The highest BCUT2D eigenvalue weighted by Crippen LogP contribution is 2.32. The molecule has 8 nitrogen and oxygen atoms in total. The number of rotatable bonds is 10. The van der Waals surface area contributed by atoms with Gasteiger partial charge in [-0.3, -0.25) is 15.1 Å². The van der Waals surface area contributed by atoms with Crippen molar-refractivity contribution < 1.29 is 27.5 Å². The van der Waals surface area contributed by atoms with Gasteiger partial charge in [0.2, 0.25) is 5.91 Å². The molecule has 1 unspecified atom stereocenters. The fourth-order valence-corrected chi connectivity index (χ4v) is 4.25. The van der Waals surface area contributed by atoms with Gasteiger partial charge in [-0.25, -0.2) is 4.79 Å². The summed E-state index contributed by atoms with van der Waals surface area (Å²) in [5.41, 5.74) is 1.58. The molecule has 0 saturated heterocycles. The molecule has 1 aliphatic rings. The summed E-state index contributed by atoms with van der Waals surface area (Å²) in [6.45, 7) is 8.20. The van der Waals surface area contributed by atoms with Crippen LogP contribution in [-0.2, 0) is 35.2 Å². The Hall–Kier alpha value is -3.60.